The van der Waals surface area contributed by atoms with E-state index >= 15 is 0 Å². The van der Waals surface area contributed by atoms with Crippen LogP contribution in [0.1, 0.15) is 79.3 Å². The van der Waals surface area contributed by atoms with Gasteiger partial charge in [-0.2, -0.15) is 0 Å². The molecule has 11 heteroatoms. The van der Waals surface area contributed by atoms with Gasteiger partial charge in [0.05, 0.1) is 29.4 Å². The Kier molecular flexibility index (Phi) is 13.5. The third-order valence-electron chi connectivity index (χ3n) is 8.81. The maximum absolute atomic E-state index is 13.7. The maximum Gasteiger partial charge on any atom is 0.253 e. The summed E-state index contributed by atoms with van der Waals surface area (Å²) in [6, 6.07) is 1.23. The van der Waals surface area contributed by atoms with Gasteiger partial charge in [-0.15, -0.1) is 0 Å². The molecule has 11 nitrogen and oxygen atoms in total. The standard InChI is InChI=1S/C39H45NO10/c1-20-11-9-7-8-10-12-30(44)40-33-37(48)27-18-25(6)36(47)32(31(27)38(49)39(33)50)35(46)24(5)17-23(4)34(45)22(3)14-16-26(41)15-13-21(2)29(43)19-28(20)42/h7-14,16-18,20,22-23,26,28,34,41-42,45,47-48H,15,19H2,1-6H3,(H,40,44). The third kappa shape index (κ3) is 9.38. The van der Waals surface area contributed by atoms with Crippen LogP contribution in [0.4, 0.5) is 0 Å². The number of benzene rings is 1. The molecular weight excluding hydrogens is 642 g/mol. The van der Waals surface area contributed by atoms with Gasteiger partial charge in [0.15, 0.2) is 17.3 Å². The van der Waals surface area contributed by atoms with Crippen molar-refractivity contribution < 1.29 is 49.5 Å². The van der Waals surface area contributed by atoms with Crippen LogP contribution in [-0.2, 0) is 14.4 Å². The lowest BCUT2D eigenvalue weighted by molar-refractivity contribution is -0.118. The Bertz CT molecular complexity index is 1770. The second-order valence-corrected chi connectivity index (χ2v) is 12.9. The topological polar surface area (TPSA) is 199 Å². The summed E-state index contributed by atoms with van der Waals surface area (Å²) in [6.07, 6.45) is 11.9. The first kappa shape index (κ1) is 39.5. The summed E-state index contributed by atoms with van der Waals surface area (Å²) in [4.78, 5) is 65.5. The number of rotatable bonds is 0. The Hall–Kier alpha value is -4.97. The predicted octanol–water partition coefficient (Wildman–Crippen LogP) is 4.46. The molecule has 266 valence electrons. The van der Waals surface area contributed by atoms with Crippen LogP contribution in [0.2, 0.25) is 0 Å². The van der Waals surface area contributed by atoms with Crippen molar-refractivity contribution in [3.8, 4) is 5.75 Å². The number of phenolic OH excluding ortho intramolecular Hbond substituents is 1. The molecule has 6 atom stereocenters. The molecule has 1 aromatic rings. The number of carbonyl (C=O) groups is 5. The fourth-order valence-electron chi connectivity index (χ4n) is 5.53. The van der Waals surface area contributed by atoms with Crippen molar-refractivity contribution in [3.63, 3.8) is 0 Å². The number of fused-ring (bicyclic) bond motifs is 18. The van der Waals surface area contributed by atoms with Gasteiger partial charge >= 0.3 is 0 Å². The third-order valence-corrected chi connectivity index (χ3v) is 8.81. The Labute approximate surface area is 291 Å². The van der Waals surface area contributed by atoms with E-state index in [0.29, 0.717) is 5.57 Å². The van der Waals surface area contributed by atoms with E-state index in [1.165, 1.54) is 44.2 Å². The zero-order chi connectivity index (χ0) is 37.4. The molecule has 4 rings (SSSR count). The van der Waals surface area contributed by atoms with E-state index in [1.807, 2.05) is 0 Å². The molecule has 6 unspecified atom stereocenters. The van der Waals surface area contributed by atoms with Gasteiger partial charge in [0.25, 0.3) is 5.78 Å². The largest absolute Gasteiger partial charge is 0.507 e. The molecule has 1 aromatic carbocycles. The number of hydrogen-bond acceptors (Lipinski definition) is 10. The molecule has 0 saturated heterocycles. The first-order chi connectivity index (χ1) is 23.5. The number of aliphatic hydroxyl groups is 4. The van der Waals surface area contributed by atoms with Gasteiger partial charge in [0.2, 0.25) is 11.7 Å². The summed E-state index contributed by atoms with van der Waals surface area (Å²) in [7, 11) is 0. The molecule has 0 aromatic heterocycles. The lowest BCUT2D eigenvalue weighted by atomic mass is 9.82. The molecule has 0 saturated carbocycles. The molecule has 0 spiro atoms. The van der Waals surface area contributed by atoms with Crippen molar-refractivity contribution in [1.29, 1.82) is 0 Å². The van der Waals surface area contributed by atoms with Gasteiger partial charge in [0.1, 0.15) is 11.4 Å². The first-order valence-electron chi connectivity index (χ1n) is 16.3. The summed E-state index contributed by atoms with van der Waals surface area (Å²) in [5.41, 5.74) is -1.36. The number of aryl methyl sites for hydroxylation is 1. The Morgan fingerprint density at radius 3 is 2.06 bits per heavy atom. The minimum Gasteiger partial charge on any atom is -0.507 e. The van der Waals surface area contributed by atoms with Crippen LogP contribution in [0.3, 0.4) is 0 Å². The zero-order valence-corrected chi connectivity index (χ0v) is 29.0. The normalized spacial score (nSPS) is 26.7. The Morgan fingerprint density at radius 2 is 1.38 bits per heavy atom. The summed E-state index contributed by atoms with van der Waals surface area (Å²) in [6.45, 7) is 9.57. The van der Waals surface area contributed by atoms with Gasteiger partial charge in [-0.3, -0.25) is 24.0 Å². The number of carbonyl (C=O) groups excluding carboxylic acids is 5. The summed E-state index contributed by atoms with van der Waals surface area (Å²) in [5.74, 6) is -7.27. The molecule has 1 amide bonds. The number of ketones is 4. The molecule has 2 aliphatic heterocycles. The van der Waals surface area contributed by atoms with Crippen LogP contribution in [0.5, 0.6) is 5.75 Å². The van der Waals surface area contributed by atoms with Crippen molar-refractivity contribution in [2.45, 2.75) is 72.7 Å². The molecule has 0 fully saturated rings. The molecule has 0 radical (unpaired) electrons. The highest BCUT2D eigenvalue weighted by Gasteiger charge is 2.39. The van der Waals surface area contributed by atoms with Gasteiger partial charge in [-0.05, 0) is 50.0 Å². The van der Waals surface area contributed by atoms with Gasteiger partial charge in [-0.25, -0.2) is 0 Å². The quantitative estimate of drug-likeness (QED) is 0.167. The van der Waals surface area contributed by atoms with Crippen molar-refractivity contribution in [2.24, 2.45) is 17.8 Å². The summed E-state index contributed by atoms with van der Waals surface area (Å²) >= 11 is 0. The molecule has 2 heterocycles. The average Bonchev–Trinajstić information content (AvgIpc) is 3.07. The highest BCUT2D eigenvalue weighted by Crippen LogP contribution is 2.37. The van der Waals surface area contributed by atoms with Crippen LogP contribution in [0, 0.1) is 24.7 Å². The second-order valence-electron chi connectivity index (χ2n) is 12.9. The zero-order valence-electron chi connectivity index (χ0n) is 29.0. The van der Waals surface area contributed by atoms with E-state index in [4.69, 9.17) is 0 Å². The number of Topliss-reactive ketones (excluding diaryl/α,β-unsaturated/α-hetero) is 4. The lowest BCUT2D eigenvalue weighted by Crippen LogP contribution is -2.35. The monoisotopic (exact) mass is 687 g/mol. The number of hydrogen-bond donors (Lipinski definition) is 6. The van der Waals surface area contributed by atoms with Crippen molar-refractivity contribution >= 4 is 34.8 Å². The number of aliphatic hydroxyl groups excluding tert-OH is 4. The number of amides is 1. The van der Waals surface area contributed by atoms with Crippen LogP contribution in [0.25, 0.3) is 5.76 Å². The smallest absolute Gasteiger partial charge is 0.253 e. The number of aromatic hydroxyl groups is 1. The van der Waals surface area contributed by atoms with Crippen molar-refractivity contribution in [1.82, 2.24) is 5.32 Å². The van der Waals surface area contributed by atoms with Gasteiger partial charge < -0.3 is 30.8 Å². The molecular formula is C39H45NO10. The fraction of sp³-hybridized carbons (Fsp3) is 0.359. The Morgan fingerprint density at radius 1 is 0.720 bits per heavy atom. The van der Waals surface area contributed by atoms with E-state index in [9.17, 15) is 49.5 Å². The highest BCUT2D eigenvalue weighted by atomic mass is 16.3. The van der Waals surface area contributed by atoms with Gasteiger partial charge in [-0.1, -0.05) is 75.5 Å². The summed E-state index contributed by atoms with van der Waals surface area (Å²) in [5, 5.41) is 56.2. The predicted molar refractivity (Wildman–Crippen MR) is 188 cm³/mol. The molecule has 50 heavy (non-hydrogen) atoms. The minimum absolute atomic E-state index is 0.0421. The molecule has 6 N–H and O–H groups in total. The van der Waals surface area contributed by atoms with Crippen molar-refractivity contribution in [3.05, 3.63) is 106 Å². The highest BCUT2D eigenvalue weighted by molar-refractivity contribution is 6.53. The van der Waals surface area contributed by atoms with Crippen LogP contribution in [-0.4, -0.2) is 72.9 Å². The Balaban J connectivity index is 2.07. The van der Waals surface area contributed by atoms with E-state index in [0.717, 1.165) is 6.08 Å². The van der Waals surface area contributed by atoms with Gasteiger partial charge in [0, 0.05) is 35.8 Å². The van der Waals surface area contributed by atoms with Crippen LogP contribution >= 0.6 is 0 Å². The number of phenols is 1. The SMILES string of the molecule is CC1=CCC(O)C=CC(C)C(O)C(C)C=C(C)C(=O)c2c(O)c(C)cc3c2C(=O)C(=O)C(=C3O)NC(=O)C=CC=CC=CC(C)C(O)CC1=O. The minimum atomic E-state index is -1.29. The fourth-order valence-corrected chi connectivity index (χ4v) is 5.53. The first-order valence-corrected chi connectivity index (χ1v) is 16.3. The van der Waals surface area contributed by atoms with E-state index in [2.05, 4.69) is 5.32 Å². The maximum atomic E-state index is 13.7. The van der Waals surface area contributed by atoms with Crippen molar-refractivity contribution in [2.75, 3.05) is 0 Å². The van der Waals surface area contributed by atoms with Crippen LogP contribution in [0.15, 0.2) is 83.7 Å². The average molecular weight is 688 g/mol. The van der Waals surface area contributed by atoms with E-state index < -0.39 is 87.7 Å². The second kappa shape index (κ2) is 17.1. The molecule has 4 bridgehead atoms. The lowest BCUT2D eigenvalue weighted by Gasteiger charge is -2.23. The van der Waals surface area contributed by atoms with Crippen LogP contribution < -0.4 is 5.32 Å². The van der Waals surface area contributed by atoms with E-state index in [1.54, 1.807) is 58.1 Å². The van der Waals surface area contributed by atoms with E-state index in [-0.39, 0.29) is 35.3 Å². The summed E-state index contributed by atoms with van der Waals surface area (Å²) < 4.78 is 0. The number of allylic oxidation sites excluding steroid dienone is 7. The molecule has 3 aliphatic rings. The number of nitrogens with one attached hydrogen (secondary N) is 1. The molecule has 1 aliphatic carbocycles.